The maximum Gasteiger partial charge on any atom is 0.394 e. The van der Waals surface area contributed by atoms with Crippen LogP contribution < -0.4 is 4.90 Å². The van der Waals surface area contributed by atoms with Crippen LogP contribution in [-0.2, 0) is 21.5 Å². The van der Waals surface area contributed by atoms with Crippen LogP contribution in [0.1, 0.15) is 33.3 Å². The second kappa shape index (κ2) is 11.4. The summed E-state index contributed by atoms with van der Waals surface area (Å²) in [5.74, 6) is -11.2. The first-order chi connectivity index (χ1) is 20.1. The molecule has 0 saturated carbocycles. The van der Waals surface area contributed by atoms with Crippen LogP contribution in [0.15, 0.2) is 36.4 Å². The zero-order valence-corrected chi connectivity index (χ0v) is 24.5. The van der Waals surface area contributed by atoms with E-state index in [0.717, 1.165) is 28.4 Å². The quantitative estimate of drug-likeness (QED) is 0.383. The summed E-state index contributed by atoms with van der Waals surface area (Å²) in [6, 6.07) is 7.76. The van der Waals surface area contributed by atoms with Crippen molar-refractivity contribution in [3.63, 3.8) is 0 Å². The van der Waals surface area contributed by atoms with Crippen molar-refractivity contribution in [3.05, 3.63) is 68.5 Å². The number of alkyl halides is 3. The predicted octanol–water partition coefficient (Wildman–Crippen LogP) is 3.62. The van der Waals surface area contributed by atoms with E-state index >= 15 is 4.39 Å². The maximum absolute atomic E-state index is 16.3. The topological polar surface area (TPSA) is 116 Å². The third-order valence-corrected chi connectivity index (χ3v) is 10.3. The van der Waals surface area contributed by atoms with Gasteiger partial charge in [-0.05, 0) is 30.7 Å². The van der Waals surface area contributed by atoms with Crippen molar-refractivity contribution < 1.29 is 45.1 Å². The lowest BCUT2D eigenvalue weighted by Crippen LogP contribution is -2.44. The molecule has 3 aromatic rings. The molecule has 0 bridgehead atoms. The fourth-order valence-electron chi connectivity index (χ4n) is 5.14. The molecule has 2 saturated heterocycles. The number of carbonyl (C=O) groups excluding carboxylic acids is 2. The summed E-state index contributed by atoms with van der Waals surface area (Å²) in [6.45, 7) is -2.15. The third-order valence-electron chi connectivity index (χ3n) is 7.23. The molecule has 0 spiro atoms. The second-order valence-corrected chi connectivity index (χ2v) is 13.7. The van der Waals surface area contributed by atoms with Crippen LogP contribution in [0, 0.1) is 17.6 Å². The van der Waals surface area contributed by atoms with Crippen LogP contribution in [0.2, 0.25) is 4.34 Å². The molecule has 2 aliphatic rings. The van der Waals surface area contributed by atoms with E-state index in [1.165, 1.54) is 19.2 Å². The van der Waals surface area contributed by atoms with Crippen molar-refractivity contribution in [2.75, 3.05) is 31.6 Å². The van der Waals surface area contributed by atoms with E-state index in [1.54, 1.807) is 12.1 Å². The Hall–Kier alpha value is -3.12. The largest absolute Gasteiger partial charge is 0.394 e. The minimum atomic E-state index is -5.19. The maximum atomic E-state index is 16.3. The van der Waals surface area contributed by atoms with Crippen molar-refractivity contribution >= 4 is 50.8 Å². The summed E-state index contributed by atoms with van der Waals surface area (Å²) in [4.78, 5) is 28.6. The Morgan fingerprint density at radius 1 is 1.19 bits per heavy atom. The minimum absolute atomic E-state index is 0.00203. The van der Waals surface area contributed by atoms with Gasteiger partial charge in [-0.2, -0.15) is 35.7 Å². The first kappa shape index (κ1) is 31.3. The molecule has 4 heterocycles. The molecule has 5 rings (SSSR count). The fraction of sp³-hybridized carbons (Fsp3) is 0.400. The van der Waals surface area contributed by atoms with Crippen LogP contribution in [0.5, 0.6) is 0 Å². The summed E-state index contributed by atoms with van der Waals surface area (Å²) in [5.41, 5.74) is -1.70. The highest BCUT2D eigenvalue weighted by Crippen LogP contribution is 2.46. The Labute approximate surface area is 251 Å². The van der Waals surface area contributed by atoms with Crippen LogP contribution in [0.3, 0.4) is 0 Å². The number of amides is 1. The Balaban J connectivity index is 1.63. The number of anilines is 1. The van der Waals surface area contributed by atoms with Crippen LogP contribution in [0.25, 0.3) is 0 Å². The van der Waals surface area contributed by atoms with Crippen LogP contribution >= 0.6 is 22.9 Å². The average Bonchev–Trinajstić information content (AvgIpc) is 3.70. The summed E-state index contributed by atoms with van der Waals surface area (Å²) in [5, 5.41) is 13.5. The monoisotopic (exact) mass is 667 g/mol. The first-order valence-corrected chi connectivity index (χ1v) is 15.3. The molecular weight excluding hydrogens is 645 g/mol. The van der Waals surface area contributed by atoms with Crippen LogP contribution in [-0.4, -0.2) is 82.7 Å². The zero-order valence-electron chi connectivity index (χ0n) is 22.1. The van der Waals surface area contributed by atoms with Gasteiger partial charge >= 0.3 is 16.4 Å². The minimum Gasteiger partial charge on any atom is -0.392 e. The number of benzene rings is 1. The summed E-state index contributed by atoms with van der Waals surface area (Å²) in [7, 11) is -3.53. The van der Waals surface area contributed by atoms with Gasteiger partial charge in [-0.15, -0.1) is 11.3 Å². The molecule has 2 aromatic heterocycles. The van der Waals surface area contributed by atoms with Crippen LogP contribution in [0.4, 0.5) is 27.8 Å². The lowest BCUT2D eigenvalue weighted by molar-refractivity contribution is -0.175. The smallest absolute Gasteiger partial charge is 0.392 e. The predicted molar refractivity (Wildman–Crippen MR) is 145 cm³/mol. The van der Waals surface area contributed by atoms with Gasteiger partial charge in [0.15, 0.2) is 11.6 Å². The van der Waals surface area contributed by atoms with E-state index in [0.29, 0.717) is 18.2 Å². The number of thiophene rings is 1. The van der Waals surface area contributed by atoms with E-state index in [9.17, 15) is 40.7 Å². The molecule has 0 aliphatic carbocycles. The van der Waals surface area contributed by atoms with Crippen molar-refractivity contribution in [3.8, 4) is 0 Å². The highest BCUT2D eigenvalue weighted by molar-refractivity contribution is 7.87. The molecule has 1 amide bonds. The number of rotatable bonds is 7. The van der Waals surface area contributed by atoms with Gasteiger partial charge < -0.3 is 10.0 Å². The molecule has 0 radical (unpaired) electrons. The molecule has 18 heteroatoms. The lowest BCUT2D eigenvalue weighted by Gasteiger charge is -2.23. The van der Waals surface area contributed by atoms with Gasteiger partial charge in [0, 0.05) is 25.0 Å². The molecule has 2 aliphatic heterocycles. The molecule has 3 unspecified atom stereocenters. The lowest BCUT2D eigenvalue weighted by atomic mass is 9.91. The van der Waals surface area contributed by atoms with Crippen molar-refractivity contribution in [2.45, 2.75) is 31.2 Å². The Morgan fingerprint density at radius 2 is 1.88 bits per heavy atom. The normalized spacial score (nSPS) is 21.6. The van der Waals surface area contributed by atoms with Gasteiger partial charge in [-0.3, -0.25) is 9.59 Å². The molecule has 10 nitrogen and oxygen atoms in total. The first-order valence-electron chi connectivity index (χ1n) is 12.7. The van der Waals surface area contributed by atoms with Gasteiger partial charge in [0.2, 0.25) is 5.91 Å². The van der Waals surface area contributed by atoms with Gasteiger partial charge in [0.25, 0.3) is 5.91 Å². The fourth-order valence-corrected chi connectivity index (χ4v) is 7.95. The summed E-state index contributed by atoms with van der Waals surface area (Å²) < 4.78 is 102. The Bertz CT molecular complexity index is 1680. The number of carbonyl (C=O) groups is 2. The van der Waals surface area contributed by atoms with Crippen molar-refractivity contribution in [2.24, 2.45) is 5.92 Å². The van der Waals surface area contributed by atoms with Crippen molar-refractivity contribution in [1.82, 2.24) is 18.4 Å². The van der Waals surface area contributed by atoms with Crippen molar-refractivity contribution in [1.29, 1.82) is 0 Å². The molecule has 1 aromatic carbocycles. The summed E-state index contributed by atoms with van der Waals surface area (Å²) >= 11 is 7.08. The third kappa shape index (κ3) is 5.75. The number of hydrogen-bond acceptors (Lipinski definition) is 8. The second-order valence-electron chi connectivity index (χ2n) is 10.1. The van der Waals surface area contributed by atoms with Gasteiger partial charge in [-0.1, -0.05) is 23.7 Å². The number of aliphatic hydroxyl groups excluding tert-OH is 1. The number of β-amino-alcohol motifs (C(OH)–C–C–N with tert-alkyl or cyclic N) is 1. The van der Waals surface area contributed by atoms with Gasteiger partial charge in [0.05, 0.1) is 40.9 Å². The summed E-state index contributed by atoms with van der Waals surface area (Å²) in [6.07, 6.45) is -6.26. The highest BCUT2D eigenvalue weighted by Gasteiger charge is 2.60. The number of aliphatic hydroxyl groups is 1. The Morgan fingerprint density at radius 3 is 2.47 bits per heavy atom. The van der Waals surface area contributed by atoms with E-state index < -0.39 is 87.9 Å². The number of aromatic nitrogens is 2. The average molecular weight is 668 g/mol. The number of nitrogens with zero attached hydrogens (tertiary/aromatic N) is 5. The molecule has 43 heavy (non-hydrogen) atoms. The molecule has 1 N–H and O–H groups in total. The standard InChI is InChI=1S/C25H23ClF5N5O5S2/c1-33(11-14-6-7-18(26)42-14)22-20(28)21(32-36(22)23(38)15-4-2-3-5-17(15)27)19-16(25(29,30)31)12-35(24(19)39)43(40,41)34-9-8-13(37)10-34/h2-7,13,16,19,37H,8-12H2,1H3. The molecule has 3 atom stereocenters. The van der Waals surface area contributed by atoms with Gasteiger partial charge in [0.1, 0.15) is 11.5 Å². The van der Waals surface area contributed by atoms with E-state index in [1.807, 2.05) is 0 Å². The van der Waals surface area contributed by atoms with E-state index in [2.05, 4.69) is 5.10 Å². The molecule has 232 valence electrons. The molecule has 2 fully saturated rings. The Kier molecular flexibility index (Phi) is 8.32. The molecular formula is C25H23ClF5N5O5S2. The SMILES string of the molecule is CN(Cc1ccc(Cl)s1)c1c(F)c(C2C(=O)N(S(=O)(=O)N3CCC(O)C3)CC2C(F)(F)F)nn1C(=O)c1ccccc1F. The highest BCUT2D eigenvalue weighted by atomic mass is 35.5. The van der Waals surface area contributed by atoms with E-state index in [4.69, 9.17) is 11.6 Å². The number of halogens is 6. The number of hydrogen-bond donors (Lipinski definition) is 1. The zero-order chi connectivity index (χ0) is 31.4. The van der Waals surface area contributed by atoms with E-state index in [-0.39, 0.29) is 23.8 Å². The van der Waals surface area contributed by atoms with Gasteiger partial charge in [-0.25, -0.2) is 13.1 Å².